The first-order valence-electron chi connectivity index (χ1n) is 6.06. The summed E-state index contributed by atoms with van der Waals surface area (Å²) in [5.74, 6) is 0.467. The molecule has 4 nitrogen and oxygen atoms in total. The molecule has 0 fully saturated rings. The van der Waals surface area contributed by atoms with Crippen molar-refractivity contribution in [2.24, 2.45) is 10.7 Å². The van der Waals surface area contributed by atoms with Crippen LogP contribution in [-0.2, 0) is 17.9 Å². The van der Waals surface area contributed by atoms with E-state index in [2.05, 4.69) is 10.3 Å². The second-order valence-electron chi connectivity index (χ2n) is 5.28. The molecule has 1 aromatic rings. The van der Waals surface area contributed by atoms with Crippen LogP contribution in [0, 0.1) is 0 Å². The fourth-order valence-corrected chi connectivity index (χ4v) is 1.60. The van der Waals surface area contributed by atoms with Gasteiger partial charge in [0, 0.05) is 12.6 Å². The third kappa shape index (κ3) is 5.19. The van der Waals surface area contributed by atoms with Crippen molar-refractivity contribution in [2.45, 2.75) is 39.5 Å². The number of nitrogens with zero attached hydrogens (tertiary/aromatic N) is 1. The Bertz CT molecular complexity index is 408. The monoisotopic (exact) mass is 249 g/mol. The molecule has 0 spiro atoms. The van der Waals surface area contributed by atoms with E-state index in [1.165, 1.54) is 0 Å². The number of guanidine groups is 1. The molecule has 0 unspecified atom stereocenters. The molecule has 0 aromatic heterocycles. The smallest absolute Gasteiger partial charge is 0.189 e. The lowest BCUT2D eigenvalue weighted by Crippen LogP contribution is -2.45. The zero-order valence-electron chi connectivity index (χ0n) is 11.7. The minimum Gasteiger partial charge on any atom is -0.380 e. The zero-order chi connectivity index (χ0) is 13.6. The highest BCUT2D eigenvalue weighted by atomic mass is 16.5. The van der Waals surface area contributed by atoms with Crippen LogP contribution in [0.25, 0.3) is 0 Å². The Hall–Kier alpha value is -1.55. The molecule has 0 saturated heterocycles. The van der Waals surface area contributed by atoms with Gasteiger partial charge < -0.3 is 15.8 Å². The van der Waals surface area contributed by atoms with Gasteiger partial charge in [-0.1, -0.05) is 24.3 Å². The van der Waals surface area contributed by atoms with Crippen LogP contribution in [0.15, 0.2) is 29.3 Å². The number of ether oxygens (including phenoxy) is 1. The first-order valence-corrected chi connectivity index (χ1v) is 6.06. The van der Waals surface area contributed by atoms with Crippen molar-refractivity contribution in [2.75, 3.05) is 7.11 Å². The van der Waals surface area contributed by atoms with Crippen LogP contribution in [-0.4, -0.2) is 18.6 Å². The summed E-state index contributed by atoms with van der Waals surface area (Å²) in [7, 11) is 1.69. The van der Waals surface area contributed by atoms with Gasteiger partial charge in [0.05, 0.1) is 13.2 Å². The molecule has 0 saturated carbocycles. The van der Waals surface area contributed by atoms with E-state index in [1.807, 2.05) is 45.0 Å². The van der Waals surface area contributed by atoms with Gasteiger partial charge in [-0.2, -0.15) is 0 Å². The highest BCUT2D eigenvalue weighted by Crippen LogP contribution is 2.11. The number of rotatable bonds is 4. The molecule has 4 heteroatoms. The van der Waals surface area contributed by atoms with Gasteiger partial charge in [-0.25, -0.2) is 4.99 Å². The van der Waals surface area contributed by atoms with E-state index in [4.69, 9.17) is 10.5 Å². The molecule has 0 atom stereocenters. The summed E-state index contributed by atoms with van der Waals surface area (Å²) >= 11 is 0. The summed E-state index contributed by atoms with van der Waals surface area (Å²) in [6, 6.07) is 8.08. The normalized spacial score (nSPS) is 12.6. The summed E-state index contributed by atoms with van der Waals surface area (Å²) in [6.07, 6.45) is 0. The molecule has 3 N–H and O–H groups in total. The van der Waals surface area contributed by atoms with Gasteiger partial charge in [-0.05, 0) is 31.9 Å². The number of benzene rings is 1. The third-order valence-electron chi connectivity index (χ3n) is 2.34. The minimum atomic E-state index is -0.0698. The third-order valence-corrected chi connectivity index (χ3v) is 2.34. The molecule has 100 valence electrons. The van der Waals surface area contributed by atoms with Crippen LogP contribution < -0.4 is 11.1 Å². The van der Waals surface area contributed by atoms with Gasteiger partial charge in [0.15, 0.2) is 5.96 Å². The van der Waals surface area contributed by atoms with Gasteiger partial charge in [0.1, 0.15) is 0 Å². The Morgan fingerprint density at radius 2 is 1.89 bits per heavy atom. The SMILES string of the molecule is COCc1ccccc1CN=C(N)NC(C)(C)C. The maximum absolute atomic E-state index is 5.84. The summed E-state index contributed by atoms with van der Waals surface area (Å²) in [6.45, 7) is 7.31. The lowest BCUT2D eigenvalue weighted by Gasteiger charge is -2.21. The Balaban J connectivity index is 2.70. The molecule has 0 aliphatic rings. The van der Waals surface area contributed by atoms with E-state index in [0.717, 1.165) is 11.1 Å². The molecule has 0 aliphatic carbocycles. The van der Waals surface area contributed by atoms with Crippen LogP contribution in [0.3, 0.4) is 0 Å². The molecule has 0 radical (unpaired) electrons. The van der Waals surface area contributed by atoms with Crippen molar-refractivity contribution in [1.82, 2.24) is 5.32 Å². The second kappa shape index (κ2) is 6.40. The topological polar surface area (TPSA) is 59.6 Å². The number of methoxy groups -OCH3 is 1. The maximum Gasteiger partial charge on any atom is 0.189 e. The van der Waals surface area contributed by atoms with Crippen LogP contribution in [0.5, 0.6) is 0 Å². The second-order valence-corrected chi connectivity index (χ2v) is 5.28. The summed E-state index contributed by atoms with van der Waals surface area (Å²) in [4.78, 5) is 4.35. The fourth-order valence-electron chi connectivity index (χ4n) is 1.60. The molecule has 18 heavy (non-hydrogen) atoms. The molecule has 1 aromatic carbocycles. The summed E-state index contributed by atoms with van der Waals surface area (Å²) in [5, 5.41) is 3.14. The van der Waals surface area contributed by atoms with Crippen molar-refractivity contribution in [3.63, 3.8) is 0 Å². The maximum atomic E-state index is 5.84. The molecule has 0 bridgehead atoms. The lowest BCUT2D eigenvalue weighted by atomic mass is 10.1. The van der Waals surface area contributed by atoms with Crippen LogP contribution in [0.4, 0.5) is 0 Å². The quantitative estimate of drug-likeness (QED) is 0.634. The van der Waals surface area contributed by atoms with Crippen LogP contribution in [0.1, 0.15) is 31.9 Å². The predicted octanol–water partition coefficient (Wildman–Crippen LogP) is 2.04. The predicted molar refractivity (Wildman–Crippen MR) is 75.4 cm³/mol. The van der Waals surface area contributed by atoms with Gasteiger partial charge in [0.2, 0.25) is 0 Å². The average molecular weight is 249 g/mol. The van der Waals surface area contributed by atoms with Crippen LogP contribution in [0.2, 0.25) is 0 Å². The van der Waals surface area contributed by atoms with Gasteiger partial charge in [-0.3, -0.25) is 0 Å². The number of nitrogens with two attached hydrogens (primary N) is 1. The van der Waals surface area contributed by atoms with Crippen LogP contribution >= 0.6 is 0 Å². The number of hydrogen-bond acceptors (Lipinski definition) is 2. The van der Waals surface area contributed by atoms with E-state index in [0.29, 0.717) is 19.1 Å². The highest BCUT2D eigenvalue weighted by molar-refractivity contribution is 5.78. The summed E-state index contributed by atoms with van der Waals surface area (Å²) < 4.78 is 5.16. The largest absolute Gasteiger partial charge is 0.380 e. The Morgan fingerprint density at radius 3 is 2.44 bits per heavy atom. The number of aliphatic imine (C=N–C) groups is 1. The average Bonchev–Trinajstić information content (AvgIpc) is 2.26. The molecule has 0 amide bonds. The standard InChI is InChI=1S/C14H23N3O/c1-14(2,3)17-13(15)16-9-11-7-5-6-8-12(11)10-18-4/h5-8H,9-10H2,1-4H3,(H3,15,16,17). The number of hydrogen-bond donors (Lipinski definition) is 2. The fraction of sp³-hybridized carbons (Fsp3) is 0.500. The van der Waals surface area contributed by atoms with Gasteiger partial charge in [-0.15, -0.1) is 0 Å². The van der Waals surface area contributed by atoms with Gasteiger partial charge >= 0.3 is 0 Å². The van der Waals surface area contributed by atoms with Gasteiger partial charge in [0.25, 0.3) is 0 Å². The van der Waals surface area contributed by atoms with E-state index < -0.39 is 0 Å². The first kappa shape index (κ1) is 14.5. The zero-order valence-corrected chi connectivity index (χ0v) is 11.7. The first-order chi connectivity index (χ1) is 8.42. The lowest BCUT2D eigenvalue weighted by molar-refractivity contribution is 0.184. The van der Waals surface area contributed by atoms with E-state index in [9.17, 15) is 0 Å². The number of nitrogens with one attached hydrogen (secondary N) is 1. The van der Waals surface area contributed by atoms with E-state index >= 15 is 0 Å². The Morgan fingerprint density at radius 1 is 1.28 bits per heavy atom. The highest BCUT2D eigenvalue weighted by Gasteiger charge is 2.09. The van der Waals surface area contributed by atoms with Crippen molar-refractivity contribution < 1.29 is 4.74 Å². The van der Waals surface area contributed by atoms with E-state index in [-0.39, 0.29) is 5.54 Å². The van der Waals surface area contributed by atoms with Crippen molar-refractivity contribution in [3.8, 4) is 0 Å². The molecule has 0 heterocycles. The van der Waals surface area contributed by atoms with Crippen molar-refractivity contribution >= 4 is 5.96 Å². The summed E-state index contributed by atoms with van der Waals surface area (Å²) in [5.41, 5.74) is 8.05. The molecule has 1 rings (SSSR count). The van der Waals surface area contributed by atoms with E-state index in [1.54, 1.807) is 7.11 Å². The minimum absolute atomic E-state index is 0.0698. The Labute approximate surface area is 109 Å². The van der Waals surface area contributed by atoms with Crippen molar-refractivity contribution in [3.05, 3.63) is 35.4 Å². The van der Waals surface area contributed by atoms with Crippen molar-refractivity contribution in [1.29, 1.82) is 0 Å². The molecular formula is C14H23N3O. The Kier molecular flexibility index (Phi) is 5.16. The molecule has 0 aliphatic heterocycles. The molecular weight excluding hydrogens is 226 g/mol.